The smallest absolute Gasteiger partial charge is 0.248 e. The average Bonchev–Trinajstić information content (AvgIpc) is 3.55. The lowest BCUT2D eigenvalue weighted by molar-refractivity contribution is -0.138. The van der Waals surface area contributed by atoms with Crippen molar-refractivity contribution in [3.8, 4) is 0 Å². The molecule has 1 aromatic carbocycles. The molecule has 2 unspecified atom stereocenters. The number of Topliss-reactive ketones (excluding diaryl/α,β-unsaturated/α-hetero) is 1. The van der Waals surface area contributed by atoms with Gasteiger partial charge in [0.05, 0.1) is 5.69 Å². The molecule has 0 spiro atoms. The molecule has 4 rings (SSSR count). The second kappa shape index (κ2) is 16.1. The zero-order valence-corrected chi connectivity index (χ0v) is 28.4. The Morgan fingerprint density at radius 3 is 2.31 bits per heavy atom. The largest absolute Gasteiger partial charge is 0.344 e. The monoisotopic (exact) mass is 676 g/mol. The minimum absolute atomic E-state index is 0.0121. The van der Waals surface area contributed by atoms with Gasteiger partial charge in [-0.15, -0.1) is 0 Å². The van der Waals surface area contributed by atoms with Gasteiger partial charge in [-0.1, -0.05) is 38.9 Å². The van der Waals surface area contributed by atoms with Crippen molar-refractivity contribution in [1.29, 1.82) is 0 Å². The van der Waals surface area contributed by atoms with E-state index in [1.165, 1.54) is 12.1 Å². The van der Waals surface area contributed by atoms with Crippen LogP contribution in [-0.4, -0.2) is 88.8 Å². The molecule has 2 heterocycles. The number of rotatable bonds is 13. The van der Waals surface area contributed by atoms with Gasteiger partial charge in [-0.3, -0.25) is 19.2 Å². The van der Waals surface area contributed by atoms with Gasteiger partial charge in [0.1, 0.15) is 17.6 Å². The van der Waals surface area contributed by atoms with E-state index in [9.17, 15) is 28.0 Å². The molecule has 1 aliphatic carbocycles. The molecular weight excluding hydrogens is 629 g/mol. The van der Waals surface area contributed by atoms with Gasteiger partial charge in [-0.05, 0) is 61.0 Å². The molecule has 1 saturated carbocycles. The SMILES string of the molecule is CCC(=O)N[C@@H](C(=O)N1CCN(C)CC1)[C@@H](C)c1ccc(NC(=O)C(CC(=O)c2nonc2CC)C(C)C2CCC(F)(F)CC2)c(F)c1. The van der Waals surface area contributed by atoms with Gasteiger partial charge in [0.25, 0.3) is 0 Å². The Balaban J connectivity index is 1.54. The van der Waals surface area contributed by atoms with E-state index in [4.69, 9.17) is 4.63 Å². The number of carbonyl (C=O) groups excluding carboxylic acids is 4. The van der Waals surface area contributed by atoms with Crippen LogP contribution in [0.2, 0.25) is 0 Å². The zero-order chi connectivity index (χ0) is 35.2. The molecule has 0 bridgehead atoms. The third-order valence-electron chi connectivity index (χ3n) is 10.0. The van der Waals surface area contributed by atoms with Crippen molar-refractivity contribution >= 4 is 29.2 Å². The van der Waals surface area contributed by atoms with Crippen LogP contribution in [-0.2, 0) is 20.8 Å². The van der Waals surface area contributed by atoms with Crippen LogP contribution >= 0.6 is 0 Å². The first-order valence-electron chi connectivity index (χ1n) is 16.8. The van der Waals surface area contributed by atoms with Crippen LogP contribution in [0.15, 0.2) is 22.8 Å². The first kappa shape index (κ1) is 37.0. The topological polar surface area (TPSA) is 138 Å². The van der Waals surface area contributed by atoms with Gasteiger partial charge in [0.15, 0.2) is 11.5 Å². The molecule has 0 radical (unpaired) electrons. The molecule has 2 aromatic rings. The number of carbonyl (C=O) groups is 4. The number of aromatic nitrogens is 2. The Kier molecular flexibility index (Phi) is 12.4. The number of hydrogen-bond acceptors (Lipinski definition) is 8. The summed E-state index contributed by atoms with van der Waals surface area (Å²) in [5, 5.41) is 12.9. The summed E-state index contributed by atoms with van der Waals surface area (Å²) in [4.78, 5) is 56.8. The summed E-state index contributed by atoms with van der Waals surface area (Å²) in [6.07, 6.45) is 0.0604. The number of anilines is 1. The fourth-order valence-electron chi connectivity index (χ4n) is 6.61. The Morgan fingerprint density at radius 2 is 1.71 bits per heavy atom. The van der Waals surface area contributed by atoms with Gasteiger partial charge < -0.3 is 20.4 Å². The number of amides is 3. The number of hydrogen-bond donors (Lipinski definition) is 2. The van der Waals surface area contributed by atoms with E-state index in [0.29, 0.717) is 43.9 Å². The van der Waals surface area contributed by atoms with E-state index in [-0.39, 0.29) is 67.6 Å². The van der Waals surface area contributed by atoms with Crippen LogP contribution in [0.4, 0.5) is 18.9 Å². The summed E-state index contributed by atoms with van der Waals surface area (Å²) in [5.41, 5.74) is 0.674. The molecule has 1 aromatic heterocycles. The predicted octanol–water partition coefficient (Wildman–Crippen LogP) is 4.83. The van der Waals surface area contributed by atoms with Crippen molar-refractivity contribution < 1.29 is 37.0 Å². The molecular formula is C34H47F3N6O5. The summed E-state index contributed by atoms with van der Waals surface area (Å²) >= 11 is 0. The van der Waals surface area contributed by atoms with Crippen molar-refractivity contribution in [3.05, 3.63) is 41.0 Å². The third kappa shape index (κ3) is 9.00. The van der Waals surface area contributed by atoms with E-state index < -0.39 is 47.2 Å². The van der Waals surface area contributed by atoms with E-state index in [1.54, 1.807) is 38.7 Å². The first-order chi connectivity index (χ1) is 22.7. The molecule has 2 fully saturated rings. The van der Waals surface area contributed by atoms with Gasteiger partial charge in [0.2, 0.25) is 23.6 Å². The van der Waals surface area contributed by atoms with Crippen molar-refractivity contribution in [1.82, 2.24) is 25.4 Å². The molecule has 264 valence electrons. The number of ketones is 1. The standard InChI is InChI=1S/C34H47F3N6O5/c1-6-26-31(41-48-40-26)28(44)19-24(20(3)22-10-12-34(36,37)13-11-22)32(46)38-27-9-8-23(18-25(27)35)21(4)30(39-29(45)7-2)33(47)43-16-14-42(5)15-17-43/h8-9,18,20-22,24,30H,6-7,10-17,19H2,1-5H3,(H,38,46)(H,39,45)/t20?,21-,24?,30+/m0/s1. The van der Waals surface area contributed by atoms with Crippen molar-refractivity contribution in [2.45, 2.75) is 90.5 Å². The minimum Gasteiger partial charge on any atom is -0.344 e. The predicted molar refractivity (Wildman–Crippen MR) is 172 cm³/mol. The number of aryl methyl sites for hydroxylation is 1. The maximum Gasteiger partial charge on any atom is 0.248 e. The van der Waals surface area contributed by atoms with Crippen LogP contribution in [0.1, 0.15) is 93.9 Å². The van der Waals surface area contributed by atoms with Gasteiger partial charge >= 0.3 is 0 Å². The highest BCUT2D eigenvalue weighted by molar-refractivity contribution is 6.00. The highest BCUT2D eigenvalue weighted by Crippen LogP contribution is 2.42. The number of piperazine rings is 1. The number of halogens is 3. The molecule has 48 heavy (non-hydrogen) atoms. The summed E-state index contributed by atoms with van der Waals surface area (Å²) in [6.45, 7) is 9.39. The summed E-state index contributed by atoms with van der Waals surface area (Å²) < 4.78 is 48.3. The maximum atomic E-state index is 15.7. The highest BCUT2D eigenvalue weighted by Gasteiger charge is 2.41. The molecule has 14 heteroatoms. The molecule has 11 nitrogen and oxygen atoms in total. The Hall–Kier alpha value is -3.81. The van der Waals surface area contributed by atoms with Crippen LogP contribution in [0, 0.1) is 23.6 Å². The van der Waals surface area contributed by atoms with Crippen molar-refractivity contribution in [3.63, 3.8) is 0 Å². The number of benzene rings is 1. The maximum absolute atomic E-state index is 15.7. The number of nitrogens with zero attached hydrogens (tertiary/aromatic N) is 4. The quantitative estimate of drug-likeness (QED) is 0.288. The van der Waals surface area contributed by atoms with Gasteiger partial charge in [-0.25, -0.2) is 17.8 Å². The van der Waals surface area contributed by atoms with E-state index in [0.717, 1.165) is 0 Å². The summed E-state index contributed by atoms with van der Waals surface area (Å²) in [6, 6.07) is 3.29. The van der Waals surface area contributed by atoms with E-state index in [1.807, 2.05) is 7.05 Å². The van der Waals surface area contributed by atoms with E-state index >= 15 is 4.39 Å². The highest BCUT2D eigenvalue weighted by atomic mass is 19.3. The lowest BCUT2D eigenvalue weighted by Gasteiger charge is -2.36. The fraction of sp³-hybridized carbons (Fsp3) is 0.647. The summed E-state index contributed by atoms with van der Waals surface area (Å²) in [7, 11) is 1.97. The third-order valence-corrected chi connectivity index (χ3v) is 10.0. The van der Waals surface area contributed by atoms with Crippen LogP contribution in [0.25, 0.3) is 0 Å². The lowest BCUT2D eigenvalue weighted by atomic mass is 9.72. The van der Waals surface area contributed by atoms with E-state index in [2.05, 4.69) is 25.8 Å². The molecule has 4 atom stereocenters. The molecule has 3 amide bonds. The number of alkyl halides is 2. The zero-order valence-electron chi connectivity index (χ0n) is 28.4. The Bertz CT molecular complexity index is 1450. The average molecular weight is 677 g/mol. The van der Waals surface area contributed by atoms with Gasteiger partial charge in [-0.2, -0.15) is 0 Å². The Morgan fingerprint density at radius 1 is 1.04 bits per heavy atom. The molecule has 1 saturated heterocycles. The molecule has 2 aliphatic rings. The van der Waals surface area contributed by atoms with Gasteiger partial charge in [0, 0.05) is 63.7 Å². The number of nitrogens with one attached hydrogen (secondary N) is 2. The Labute approximate surface area is 279 Å². The van der Waals surface area contributed by atoms with Crippen LogP contribution < -0.4 is 10.6 Å². The lowest BCUT2D eigenvalue weighted by Crippen LogP contribution is -2.55. The fourth-order valence-corrected chi connectivity index (χ4v) is 6.61. The molecule has 1 aliphatic heterocycles. The van der Waals surface area contributed by atoms with Crippen molar-refractivity contribution in [2.75, 3.05) is 38.5 Å². The second-order valence-corrected chi connectivity index (χ2v) is 13.2. The minimum atomic E-state index is -2.76. The van der Waals surface area contributed by atoms with Crippen LogP contribution in [0.5, 0.6) is 0 Å². The normalized spacial score (nSPS) is 19.6. The molecule has 2 N–H and O–H groups in total. The summed E-state index contributed by atoms with van der Waals surface area (Å²) in [5.74, 6) is -7.44. The van der Waals surface area contributed by atoms with Crippen LogP contribution in [0.3, 0.4) is 0 Å². The van der Waals surface area contributed by atoms with Crippen molar-refractivity contribution in [2.24, 2.45) is 17.8 Å². The number of likely N-dealkylation sites (N-methyl/N-ethyl adjacent to an activating group) is 1. The second-order valence-electron chi connectivity index (χ2n) is 13.2. The first-order valence-corrected chi connectivity index (χ1v) is 16.8.